The first-order valence-electron chi connectivity index (χ1n) is 7.03. The van der Waals surface area contributed by atoms with E-state index in [1.165, 1.54) is 6.42 Å². The molecule has 108 valence electrons. The number of rotatable bonds is 4. The van der Waals surface area contributed by atoms with Gasteiger partial charge in [0.1, 0.15) is 6.04 Å². The minimum atomic E-state index is -0.987. The zero-order valence-corrected chi connectivity index (χ0v) is 11.6. The maximum atomic E-state index is 11.9. The number of carboxylic acids is 1. The molecule has 0 aliphatic carbocycles. The highest BCUT2D eigenvalue weighted by atomic mass is 16.4. The number of carboxylic acid groups (broad SMARTS) is 1. The Morgan fingerprint density at radius 1 is 1.26 bits per heavy atom. The zero-order valence-electron chi connectivity index (χ0n) is 11.6. The summed E-state index contributed by atoms with van der Waals surface area (Å²) >= 11 is 0. The van der Waals surface area contributed by atoms with E-state index in [2.05, 4.69) is 15.5 Å². The van der Waals surface area contributed by atoms with Crippen molar-refractivity contribution >= 4 is 12.0 Å². The Bertz CT molecular complexity index is 359. The van der Waals surface area contributed by atoms with Crippen LogP contribution in [0.1, 0.15) is 33.1 Å². The minimum Gasteiger partial charge on any atom is -0.480 e. The van der Waals surface area contributed by atoms with Crippen LogP contribution in [0.4, 0.5) is 4.79 Å². The van der Waals surface area contributed by atoms with E-state index in [1.807, 2.05) is 0 Å². The van der Waals surface area contributed by atoms with Crippen LogP contribution in [0.2, 0.25) is 0 Å². The van der Waals surface area contributed by atoms with Crippen LogP contribution in [0.3, 0.4) is 0 Å². The average molecular weight is 269 g/mol. The second-order valence-corrected chi connectivity index (χ2v) is 5.82. The first-order chi connectivity index (χ1) is 8.99. The summed E-state index contributed by atoms with van der Waals surface area (Å²) < 4.78 is 0. The molecule has 0 aromatic carbocycles. The van der Waals surface area contributed by atoms with Crippen molar-refractivity contribution in [3.63, 3.8) is 0 Å². The molecule has 2 heterocycles. The fourth-order valence-electron chi connectivity index (χ4n) is 3.12. The van der Waals surface area contributed by atoms with Gasteiger partial charge < -0.3 is 15.7 Å². The van der Waals surface area contributed by atoms with Crippen LogP contribution in [-0.2, 0) is 4.79 Å². The topological polar surface area (TPSA) is 81.7 Å². The lowest BCUT2D eigenvalue weighted by Gasteiger charge is -2.23. The molecule has 2 aliphatic heterocycles. The number of aliphatic carboxylic acids is 1. The van der Waals surface area contributed by atoms with Crippen LogP contribution in [0.15, 0.2) is 0 Å². The van der Waals surface area contributed by atoms with Crippen molar-refractivity contribution in [1.82, 2.24) is 15.5 Å². The number of nitrogens with zero attached hydrogens (tertiary/aromatic N) is 1. The van der Waals surface area contributed by atoms with E-state index < -0.39 is 12.0 Å². The predicted molar refractivity (Wildman–Crippen MR) is 70.9 cm³/mol. The Labute approximate surface area is 113 Å². The number of amides is 2. The third-order valence-corrected chi connectivity index (χ3v) is 4.14. The number of nitrogens with one attached hydrogen (secondary N) is 2. The molecule has 0 radical (unpaired) electrons. The van der Waals surface area contributed by atoms with Gasteiger partial charge in [-0.25, -0.2) is 9.59 Å². The summed E-state index contributed by atoms with van der Waals surface area (Å²) in [6.45, 7) is 5.72. The second-order valence-electron chi connectivity index (χ2n) is 5.82. The highest BCUT2D eigenvalue weighted by molar-refractivity contribution is 5.82. The largest absolute Gasteiger partial charge is 0.480 e. The molecule has 2 fully saturated rings. The number of carbonyl (C=O) groups excluding carboxylic acids is 1. The van der Waals surface area contributed by atoms with Crippen molar-refractivity contribution < 1.29 is 14.7 Å². The Hall–Kier alpha value is -1.30. The molecule has 19 heavy (non-hydrogen) atoms. The first-order valence-corrected chi connectivity index (χ1v) is 7.03. The Morgan fingerprint density at radius 3 is 2.63 bits per heavy atom. The average Bonchev–Trinajstić information content (AvgIpc) is 2.90. The number of hydrogen-bond acceptors (Lipinski definition) is 3. The van der Waals surface area contributed by atoms with E-state index in [1.54, 1.807) is 13.8 Å². The third kappa shape index (κ3) is 3.18. The Kier molecular flexibility index (Phi) is 4.29. The van der Waals surface area contributed by atoms with E-state index in [0.717, 1.165) is 25.9 Å². The minimum absolute atomic E-state index is 0.130. The molecule has 6 heteroatoms. The molecule has 0 spiro atoms. The fourth-order valence-corrected chi connectivity index (χ4v) is 3.12. The summed E-state index contributed by atoms with van der Waals surface area (Å²) in [7, 11) is 0. The molecule has 0 saturated carbocycles. The molecule has 0 aromatic heterocycles. The standard InChI is InChI=1S/C13H23N3O3/c1-8(2)11(12(17)18)15-13(19)14-9-5-7-16-6-3-4-10(9)16/h8-11H,3-7H2,1-2H3,(H,17,18)(H2,14,15,19). The smallest absolute Gasteiger partial charge is 0.326 e. The number of carbonyl (C=O) groups is 2. The van der Waals surface area contributed by atoms with Gasteiger partial charge in [-0.05, 0) is 31.7 Å². The molecule has 3 N–H and O–H groups in total. The molecule has 3 atom stereocenters. The van der Waals surface area contributed by atoms with Crippen LogP contribution in [0, 0.1) is 5.92 Å². The zero-order chi connectivity index (χ0) is 14.0. The molecule has 2 amide bonds. The third-order valence-electron chi connectivity index (χ3n) is 4.14. The van der Waals surface area contributed by atoms with E-state index in [-0.39, 0.29) is 18.0 Å². The van der Waals surface area contributed by atoms with Crippen molar-refractivity contribution in [3.05, 3.63) is 0 Å². The summed E-state index contributed by atoms with van der Waals surface area (Å²) in [5.74, 6) is -1.12. The summed E-state index contributed by atoms with van der Waals surface area (Å²) in [6.07, 6.45) is 3.27. The summed E-state index contributed by atoms with van der Waals surface area (Å²) in [5.41, 5.74) is 0. The highest BCUT2D eigenvalue weighted by Gasteiger charge is 2.38. The van der Waals surface area contributed by atoms with Gasteiger partial charge in [-0.15, -0.1) is 0 Å². The Balaban J connectivity index is 1.85. The van der Waals surface area contributed by atoms with Gasteiger partial charge >= 0.3 is 12.0 Å². The molecule has 2 saturated heterocycles. The lowest BCUT2D eigenvalue weighted by Crippen LogP contribution is -2.52. The molecule has 0 aromatic rings. The number of fused-ring (bicyclic) bond motifs is 1. The molecule has 6 nitrogen and oxygen atoms in total. The highest BCUT2D eigenvalue weighted by Crippen LogP contribution is 2.27. The van der Waals surface area contributed by atoms with Gasteiger partial charge in [0.25, 0.3) is 0 Å². The normalized spacial score (nSPS) is 28.2. The first kappa shape index (κ1) is 14.1. The van der Waals surface area contributed by atoms with Crippen molar-refractivity contribution in [2.45, 2.75) is 51.2 Å². The van der Waals surface area contributed by atoms with Crippen molar-refractivity contribution in [3.8, 4) is 0 Å². The molecule has 2 rings (SSSR count). The SMILES string of the molecule is CC(C)C(NC(=O)NC1CCN2CCCC12)C(=O)O. The van der Waals surface area contributed by atoms with Gasteiger partial charge in [0.2, 0.25) is 0 Å². The van der Waals surface area contributed by atoms with Gasteiger partial charge in [-0.3, -0.25) is 4.90 Å². The fraction of sp³-hybridized carbons (Fsp3) is 0.846. The summed E-state index contributed by atoms with van der Waals surface area (Å²) in [4.78, 5) is 25.4. The van der Waals surface area contributed by atoms with Crippen LogP contribution in [0.25, 0.3) is 0 Å². The maximum absolute atomic E-state index is 11.9. The summed E-state index contributed by atoms with van der Waals surface area (Å²) in [6, 6.07) is -0.599. The molecule has 2 aliphatic rings. The lowest BCUT2D eigenvalue weighted by molar-refractivity contribution is -0.140. The molecule has 0 bridgehead atoms. The van der Waals surface area contributed by atoms with Crippen molar-refractivity contribution in [2.75, 3.05) is 13.1 Å². The van der Waals surface area contributed by atoms with Gasteiger partial charge in [-0.1, -0.05) is 13.8 Å². The maximum Gasteiger partial charge on any atom is 0.326 e. The quantitative estimate of drug-likeness (QED) is 0.699. The second kappa shape index (κ2) is 5.77. The van der Waals surface area contributed by atoms with E-state index in [4.69, 9.17) is 5.11 Å². The predicted octanol–water partition coefficient (Wildman–Crippen LogP) is 0.632. The van der Waals surface area contributed by atoms with E-state index in [0.29, 0.717) is 6.04 Å². The van der Waals surface area contributed by atoms with Gasteiger partial charge in [-0.2, -0.15) is 0 Å². The van der Waals surface area contributed by atoms with Gasteiger partial charge in [0.05, 0.1) is 0 Å². The molecule has 3 unspecified atom stereocenters. The van der Waals surface area contributed by atoms with Crippen LogP contribution < -0.4 is 10.6 Å². The van der Waals surface area contributed by atoms with Gasteiger partial charge in [0, 0.05) is 18.6 Å². The van der Waals surface area contributed by atoms with E-state index in [9.17, 15) is 9.59 Å². The lowest BCUT2D eigenvalue weighted by atomic mass is 10.0. The molecular formula is C13H23N3O3. The van der Waals surface area contributed by atoms with E-state index >= 15 is 0 Å². The van der Waals surface area contributed by atoms with Gasteiger partial charge in [0.15, 0.2) is 0 Å². The monoisotopic (exact) mass is 269 g/mol. The van der Waals surface area contributed by atoms with Crippen LogP contribution >= 0.6 is 0 Å². The van der Waals surface area contributed by atoms with Crippen molar-refractivity contribution in [2.24, 2.45) is 5.92 Å². The number of hydrogen-bond donors (Lipinski definition) is 3. The van der Waals surface area contributed by atoms with Crippen LogP contribution in [-0.4, -0.2) is 53.2 Å². The van der Waals surface area contributed by atoms with Crippen molar-refractivity contribution in [1.29, 1.82) is 0 Å². The molecular weight excluding hydrogens is 246 g/mol. The van der Waals surface area contributed by atoms with Crippen LogP contribution in [0.5, 0.6) is 0 Å². The summed E-state index contributed by atoms with van der Waals surface area (Å²) in [5, 5.41) is 14.5. The number of urea groups is 1. The Morgan fingerprint density at radius 2 is 2.00 bits per heavy atom.